The number of nitrogen functional groups attached to an aromatic ring is 1. The number of hydrogen-bond acceptors (Lipinski definition) is 2. The van der Waals surface area contributed by atoms with E-state index >= 15 is 0 Å². The zero-order chi connectivity index (χ0) is 16.4. The molecule has 0 fully saturated rings. The van der Waals surface area contributed by atoms with E-state index in [0.29, 0.717) is 17.5 Å². The second kappa shape index (κ2) is 6.22. The fourth-order valence-electron chi connectivity index (χ4n) is 2.83. The number of aromatic carboxylic acids is 1. The molecule has 0 spiro atoms. The molecule has 0 saturated heterocycles. The Morgan fingerprint density at radius 3 is 1.91 bits per heavy atom. The quantitative estimate of drug-likeness (QED) is 0.790. The van der Waals surface area contributed by atoms with Crippen molar-refractivity contribution in [1.29, 1.82) is 0 Å². The van der Waals surface area contributed by atoms with Gasteiger partial charge in [0, 0.05) is 5.56 Å². The Bertz CT molecular complexity index is 676. The van der Waals surface area contributed by atoms with Crippen molar-refractivity contribution in [1.82, 2.24) is 0 Å². The highest BCUT2D eigenvalue weighted by molar-refractivity contribution is 5.99. The van der Waals surface area contributed by atoms with Crippen LogP contribution in [0.2, 0.25) is 0 Å². The smallest absolute Gasteiger partial charge is 0.337 e. The number of benzene rings is 2. The van der Waals surface area contributed by atoms with Crippen molar-refractivity contribution in [2.45, 2.75) is 39.5 Å². The van der Waals surface area contributed by atoms with Crippen LogP contribution in [0.3, 0.4) is 0 Å². The lowest BCUT2D eigenvalue weighted by Crippen LogP contribution is -2.06. The van der Waals surface area contributed by atoms with Gasteiger partial charge in [-0.25, -0.2) is 4.79 Å². The number of rotatable bonds is 4. The highest BCUT2D eigenvalue weighted by atomic mass is 16.4. The van der Waals surface area contributed by atoms with Crippen molar-refractivity contribution >= 4 is 11.7 Å². The number of hydrogen-bond donors (Lipinski definition) is 2. The fraction of sp³-hybridized carbons (Fsp3) is 0.316. The Hall–Kier alpha value is -2.29. The summed E-state index contributed by atoms with van der Waals surface area (Å²) >= 11 is 0. The standard InChI is InChI=1S/C19H23NO2/c1-11(2)13-7-5-8-14(12(3)4)17(13)15-9-6-10-16(18(15)20)19(21)22/h5-12H,20H2,1-4H3,(H,21,22). The van der Waals surface area contributed by atoms with Gasteiger partial charge in [0.1, 0.15) is 0 Å². The molecule has 2 rings (SSSR count). The van der Waals surface area contributed by atoms with Gasteiger partial charge in [0.2, 0.25) is 0 Å². The molecule has 3 nitrogen and oxygen atoms in total. The summed E-state index contributed by atoms with van der Waals surface area (Å²) in [7, 11) is 0. The van der Waals surface area contributed by atoms with Gasteiger partial charge in [-0.05, 0) is 34.6 Å². The molecule has 0 heterocycles. The highest BCUT2D eigenvalue weighted by Crippen LogP contribution is 2.39. The van der Waals surface area contributed by atoms with Gasteiger partial charge in [0.05, 0.1) is 11.3 Å². The summed E-state index contributed by atoms with van der Waals surface area (Å²) in [5.74, 6) is -0.323. The van der Waals surface area contributed by atoms with Gasteiger partial charge < -0.3 is 10.8 Å². The van der Waals surface area contributed by atoms with Crippen LogP contribution in [0, 0.1) is 0 Å². The molecule has 3 N–H and O–H groups in total. The molecule has 0 aliphatic heterocycles. The number of para-hydroxylation sites is 1. The van der Waals surface area contributed by atoms with Gasteiger partial charge in [-0.1, -0.05) is 58.0 Å². The Morgan fingerprint density at radius 1 is 0.955 bits per heavy atom. The van der Waals surface area contributed by atoms with Gasteiger partial charge >= 0.3 is 5.97 Å². The molecule has 0 unspecified atom stereocenters. The lowest BCUT2D eigenvalue weighted by Gasteiger charge is -2.21. The van der Waals surface area contributed by atoms with Crippen molar-refractivity contribution in [3.63, 3.8) is 0 Å². The summed E-state index contributed by atoms with van der Waals surface area (Å²) in [4.78, 5) is 11.4. The SMILES string of the molecule is CC(C)c1cccc(C(C)C)c1-c1cccc(C(=O)O)c1N. The van der Waals surface area contributed by atoms with Gasteiger partial charge in [-0.2, -0.15) is 0 Å². The largest absolute Gasteiger partial charge is 0.478 e. The van der Waals surface area contributed by atoms with E-state index in [1.807, 2.05) is 6.07 Å². The first kappa shape index (κ1) is 16.1. The van der Waals surface area contributed by atoms with Crippen LogP contribution in [-0.2, 0) is 0 Å². The number of carboxylic acid groups (broad SMARTS) is 1. The lowest BCUT2D eigenvalue weighted by atomic mass is 9.84. The van der Waals surface area contributed by atoms with Crippen LogP contribution in [0.5, 0.6) is 0 Å². The third-order valence-corrected chi connectivity index (χ3v) is 3.98. The molecule has 0 aliphatic carbocycles. The molecule has 2 aromatic carbocycles. The Morgan fingerprint density at radius 2 is 1.45 bits per heavy atom. The Balaban J connectivity index is 2.82. The minimum atomic E-state index is -0.993. The predicted molar refractivity (Wildman–Crippen MR) is 91.4 cm³/mol. The summed E-state index contributed by atoms with van der Waals surface area (Å²) in [5, 5.41) is 9.31. The van der Waals surface area contributed by atoms with E-state index in [2.05, 4.69) is 45.9 Å². The summed E-state index contributed by atoms with van der Waals surface area (Å²) in [6.07, 6.45) is 0. The van der Waals surface area contributed by atoms with Crippen molar-refractivity contribution < 1.29 is 9.90 Å². The average molecular weight is 297 g/mol. The van der Waals surface area contributed by atoms with Gasteiger partial charge in [-0.15, -0.1) is 0 Å². The van der Waals surface area contributed by atoms with E-state index in [1.54, 1.807) is 12.1 Å². The molecule has 0 atom stereocenters. The van der Waals surface area contributed by atoms with Crippen molar-refractivity contribution in [3.05, 3.63) is 53.1 Å². The molecule has 0 bridgehead atoms. The van der Waals surface area contributed by atoms with E-state index in [-0.39, 0.29) is 5.56 Å². The summed E-state index contributed by atoms with van der Waals surface area (Å²) in [5.41, 5.74) is 10.9. The topological polar surface area (TPSA) is 63.3 Å². The molecule has 0 aromatic heterocycles. The van der Waals surface area contributed by atoms with Crippen LogP contribution >= 0.6 is 0 Å². The Labute approximate surface area is 131 Å². The molecule has 0 radical (unpaired) electrons. The minimum absolute atomic E-state index is 0.158. The minimum Gasteiger partial charge on any atom is -0.478 e. The van der Waals surface area contributed by atoms with Gasteiger partial charge in [0.25, 0.3) is 0 Å². The van der Waals surface area contributed by atoms with Crippen molar-refractivity contribution in [2.24, 2.45) is 0 Å². The zero-order valence-electron chi connectivity index (χ0n) is 13.6. The molecular weight excluding hydrogens is 274 g/mol. The van der Waals surface area contributed by atoms with Crippen molar-refractivity contribution in [2.75, 3.05) is 5.73 Å². The predicted octanol–water partition coefficient (Wildman–Crippen LogP) is 4.88. The number of carboxylic acids is 1. The van der Waals surface area contributed by atoms with Crippen LogP contribution in [-0.4, -0.2) is 11.1 Å². The first-order valence-corrected chi connectivity index (χ1v) is 7.59. The summed E-state index contributed by atoms with van der Waals surface area (Å²) in [6, 6.07) is 11.5. The van der Waals surface area contributed by atoms with Gasteiger partial charge in [0.15, 0.2) is 0 Å². The molecule has 22 heavy (non-hydrogen) atoms. The lowest BCUT2D eigenvalue weighted by molar-refractivity contribution is 0.0698. The van der Waals surface area contributed by atoms with Crippen LogP contribution in [0.15, 0.2) is 36.4 Å². The normalized spacial score (nSPS) is 11.2. The molecular formula is C19H23NO2. The first-order chi connectivity index (χ1) is 10.3. The van der Waals surface area contributed by atoms with Crippen molar-refractivity contribution in [3.8, 4) is 11.1 Å². The van der Waals surface area contributed by atoms with E-state index in [0.717, 1.165) is 11.1 Å². The monoisotopic (exact) mass is 297 g/mol. The van der Waals surface area contributed by atoms with Crippen LogP contribution < -0.4 is 5.73 Å². The third kappa shape index (κ3) is 2.84. The number of nitrogens with two attached hydrogens (primary N) is 1. The maximum atomic E-state index is 11.4. The maximum absolute atomic E-state index is 11.4. The van der Waals surface area contributed by atoms with Crippen LogP contribution in [0.4, 0.5) is 5.69 Å². The maximum Gasteiger partial charge on any atom is 0.337 e. The molecule has 0 aliphatic rings. The van der Waals surface area contributed by atoms with E-state index < -0.39 is 5.97 Å². The third-order valence-electron chi connectivity index (χ3n) is 3.98. The summed E-state index contributed by atoms with van der Waals surface area (Å²) in [6.45, 7) is 8.56. The molecule has 3 heteroatoms. The van der Waals surface area contributed by atoms with E-state index in [4.69, 9.17) is 5.73 Å². The van der Waals surface area contributed by atoms with E-state index in [9.17, 15) is 9.90 Å². The molecule has 2 aromatic rings. The second-order valence-corrected chi connectivity index (χ2v) is 6.19. The van der Waals surface area contributed by atoms with E-state index in [1.165, 1.54) is 11.1 Å². The van der Waals surface area contributed by atoms with Crippen LogP contribution in [0.1, 0.15) is 61.0 Å². The second-order valence-electron chi connectivity index (χ2n) is 6.19. The summed E-state index contributed by atoms with van der Waals surface area (Å²) < 4.78 is 0. The highest BCUT2D eigenvalue weighted by Gasteiger charge is 2.19. The average Bonchev–Trinajstić information content (AvgIpc) is 2.46. The van der Waals surface area contributed by atoms with Gasteiger partial charge in [-0.3, -0.25) is 0 Å². The molecule has 0 saturated carbocycles. The fourth-order valence-corrected chi connectivity index (χ4v) is 2.83. The van der Waals surface area contributed by atoms with Crippen LogP contribution in [0.25, 0.3) is 11.1 Å². The number of carbonyl (C=O) groups is 1. The molecule has 0 amide bonds. The first-order valence-electron chi connectivity index (χ1n) is 7.59. The number of anilines is 1. The zero-order valence-corrected chi connectivity index (χ0v) is 13.6. The Kier molecular flexibility index (Phi) is 4.55. The molecule has 116 valence electrons.